The molecule has 1 aliphatic rings. The summed E-state index contributed by atoms with van der Waals surface area (Å²) in [5.41, 5.74) is 2.87. The smallest absolute Gasteiger partial charge is 0.0414 e. The van der Waals surface area contributed by atoms with E-state index in [9.17, 15) is 0 Å². The van der Waals surface area contributed by atoms with Crippen molar-refractivity contribution in [2.45, 2.75) is 53.1 Å². The van der Waals surface area contributed by atoms with Gasteiger partial charge in [-0.15, -0.1) is 0 Å². The fourth-order valence-electron chi connectivity index (χ4n) is 3.20. The van der Waals surface area contributed by atoms with Crippen molar-refractivity contribution in [3.05, 3.63) is 29.8 Å². The fraction of sp³-hybridized carbons (Fsp3) is 0.667. The highest BCUT2D eigenvalue weighted by molar-refractivity contribution is 5.54. The second kappa shape index (κ2) is 7.12. The summed E-state index contributed by atoms with van der Waals surface area (Å²) in [4.78, 5) is 2.60. The third kappa shape index (κ3) is 3.99. The van der Waals surface area contributed by atoms with Crippen molar-refractivity contribution in [1.29, 1.82) is 0 Å². The lowest BCUT2D eigenvalue weighted by atomic mass is 9.92. The van der Waals surface area contributed by atoms with Crippen LogP contribution >= 0.6 is 0 Å². The summed E-state index contributed by atoms with van der Waals surface area (Å²) in [6.45, 7) is 12.5. The standard InChI is InChI=1S/C18H30N2/c1-14(2)12-19-13-17-7-5-6-8-18(17)20-10-9-15(3)11-16(20)4/h5-8,14-16,19H,9-13H2,1-4H3. The third-order valence-corrected chi connectivity index (χ3v) is 4.31. The summed E-state index contributed by atoms with van der Waals surface area (Å²) < 4.78 is 0. The Morgan fingerprint density at radius 2 is 2.00 bits per heavy atom. The Kier molecular flexibility index (Phi) is 5.47. The fourth-order valence-corrected chi connectivity index (χ4v) is 3.20. The summed E-state index contributed by atoms with van der Waals surface area (Å²) in [5, 5.41) is 3.58. The normalized spacial score (nSPS) is 23.4. The molecule has 2 atom stereocenters. The van der Waals surface area contributed by atoms with Crippen LogP contribution in [0.3, 0.4) is 0 Å². The third-order valence-electron chi connectivity index (χ3n) is 4.31. The monoisotopic (exact) mass is 274 g/mol. The van der Waals surface area contributed by atoms with E-state index in [4.69, 9.17) is 0 Å². The van der Waals surface area contributed by atoms with E-state index in [1.54, 1.807) is 0 Å². The average Bonchev–Trinajstić information content (AvgIpc) is 2.39. The van der Waals surface area contributed by atoms with E-state index >= 15 is 0 Å². The van der Waals surface area contributed by atoms with Crippen molar-refractivity contribution in [3.8, 4) is 0 Å². The molecule has 2 rings (SSSR count). The zero-order valence-corrected chi connectivity index (χ0v) is 13.5. The molecular formula is C18H30N2. The maximum Gasteiger partial charge on any atom is 0.0414 e. The topological polar surface area (TPSA) is 15.3 Å². The van der Waals surface area contributed by atoms with E-state index < -0.39 is 0 Å². The molecule has 1 aliphatic heterocycles. The quantitative estimate of drug-likeness (QED) is 0.871. The van der Waals surface area contributed by atoms with Crippen LogP contribution in [0.15, 0.2) is 24.3 Å². The SMILES string of the molecule is CC(C)CNCc1ccccc1N1CCC(C)CC1C. The van der Waals surface area contributed by atoms with Crippen LogP contribution in [0.4, 0.5) is 5.69 Å². The lowest BCUT2D eigenvalue weighted by Gasteiger charge is -2.39. The van der Waals surface area contributed by atoms with Crippen LogP contribution in [0.2, 0.25) is 0 Å². The van der Waals surface area contributed by atoms with Gasteiger partial charge in [-0.2, -0.15) is 0 Å². The summed E-state index contributed by atoms with van der Waals surface area (Å²) in [7, 11) is 0. The van der Waals surface area contributed by atoms with Gasteiger partial charge >= 0.3 is 0 Å². The molecule has 20 heavy (non-hydrogen) atoms. The number of benzene rings is 1. The minimum atomic E-state index is 0.657. The molecule has 2 heteroatoms. The van der Waals surface area contributed by atoms with Gasteiger partial charge in [-0.3, -0.25) is 0 Å². The second-order valence-electron chi connectivity index (χ2n) is 6.83. The predicted molar refractivity (Wildman–Crippen MR) is 88.2 cm³/mol. The number of para-hydroxylation sites is 1. The van der Waals surface area contributed by atoms with Crippen molar-refractivity contribution in [1.82, 2.24) is 5.32 Å². The molecule has 0 aromatic heterocycles. The molecule has 2 unspecified atom stereocenters. The molecule has 0 saturated carbocycles. The van der Waals surface area contributed by atoms with Crippen molar-refractivity contribution in [2.75, 3.05) is 18.0 Å². The minimum absolute atomic E-state index is 0.657. The van der Waals surface area contributed by atoms with E-state index in [1.165, 1.54) is 30.6 Å². The Morgan fingerprint density at radius 1 is 1.25 bits per heavy atom. The van der Waals surface area contributed by atoms with E-state index in [-0.39, 0.29) is 0 Å². The van der Waals surface area contributed by atoms with Gasteiger partial charge in [0, 0.05) is 24.8 Å². The van der Waals surface area contributed by atoms with Gasteiger partial charge in [-0.25, -0.2) is 0 Å². The Labute approximate surface area is 124 Å². The maximum atomic E-state index is 3.58. The first-order valence-corrected chi connectivity index (χ1v) is 8.13. The lowest BCUT2D eigenvalue weighted by Crippen LogP contribution is -2.41. The van der Waals surface area contributed by atoms with Gasteiger partial charge in [0.1, 0.15) is 0 Å². The van der Waals surface area contributed by atoms with Gasteiger partial charge in [0.05, 0.1) is 0 Å². The predicted octanol–water partition coefficient (Wildman–Crippen LogP) is 4.06. The van der Waals surface area contributed by atoms with Crippen LogP contribution in [0.25, 0.3) is 0 Å². The van der Waals surface area contributed by atoms with Crippen molar-refractivity contribution < 1.29 is 0 Å². The summed E-state index contributed by atoms with van der Waals surface area (Å²) in [5.74, 6) is 1.57. The first-order chi connectivity index (χ1) is 9.58. The molecule has 1 aromatic carbocycles. The Balaban J connectivity index is 2.07. The molecule has 0 amide bonds. The van der Waals surface area contributed by atoms with Crippen LogP contribution in [-0.2, 0) is 6.54 Å². The zero-order valence-electron chi connectivity index (χ0n) is 13.5. The molecule has 1 heterocycles. The van der Waals surface area contributed by atoms with Crippen LogP contribution in [-0.4, -0.2) is 19.1 Å². The van der Waals surface area contributed by atoms with Crippen LogP contribution < -0.4 is 10.2 Å². The number of anilines is 1. The molecular weight excluding hydrogens is 244 g/mol. The van der Waals surface area contributed by atoms with Crippen LogP contribution in [0, 0.1) is 11.8 Å². The molecule has 0 aliphatic carbocycles. The van der Waals surface area contributed by atoms with Gasteiger partial charge in [0.15, 0.2) is 0 Å². The minimum Gasteiger partial charge on any atom is -0.369 e. The Morgan fingerprint density at radius 3 is 2.70 bits per heavy atom. The van der Waals surface area contributed by atoms with Crippen molar-refractivity contribution >= 4 is 5.69 Å². The summed E-state index contributed by atoms with van der Waals surface area (Å²) >= 11 is 0. The van der Waals surface area contributed by atoms with Gasteiger partial charge in [-0.1, -0.05) is 39.0 Å². The van der Waals surface area contributed by atoms with Crippen LogP contribution in [0.5, 0.6) is 0 Å². The van der Waals surface area contributed by atoms with Gasteiger partial charge in [0.2, 0.25) is 0 Å². The Hall–Kier alpha value is -1.02. The largest absolute Gasteiger partial charge is 0.369 e. The zero-order chi connectivity index (χ0) is 14.5. The van der Waals surface area contributed by atoms with E-state index in [1.807, 2.05) is 0 Å². The summed E-state index contributed by atoms with van der Waals surface area (Å²) in [6.07, 6.45) is 2.63. The van der Waals surface area contributed by atoms with E-state index in [0.717, 1.165) is 19.0 Å². The number of nitrogens with one attached hydrogen (secondary N) is 1. The molecule has 1 fully saturated rings. The molecule has 1 aromatic rings. The lowest BCUT2D eigenvalue weighted by molar-refractivity contribution is 0.377. The van der Waals surface area contributed by atoms with Gasteiger partial charge in [0.25, 0.3) is 0 Å². The number of hydrogen-bond acceptors (Lipinski definition) is 2. The van der Waals surface area contributed by atoms with Gasteiger partial charge in [-0.05, 0) is 49.8 Å². The van der Waals surface area contributed by atoms with Crippen molar-refractivity contribution in [2.24, 2.45) is 11.8 Å². The van der Waals surface area contributed by atoms with Crippen LogP contribution in [0.1, 0.15) is 46.1 Å². The molecule has 0 spiro atoms. The second-order valence-corrected chi connectivity index (χ2v) is 6.83. The highest BCUT2D eigenvalue weighted by atomic mass is 15.2. The van der Waals surface area contributed by atoms with E-state index in [0.29, 0.717) is 12.0 Å². The Bertz CT molecular complexity index is 414. The van der Waals surface area contributed by atoms with Crippen molar-refractivity contribution in [3.63, 3.8) is 0 Å². The molecule has 2 nitrogen and oxygen atoms in total. The average molecular weight is 274 g/mol. The number of hydrogen-bond donors (Lipinski definition) is 1. The first-order valence-electron chi connectivity index (χ1n) is 8.13. The van der Waals surface area contributed by atoms with Gasteiger partial charge < -0.3 is 10.2 Å². The number of piperidine rings is 1. The first kappa shape index (κ1) is 15.4. The highest BCUT2D eigenvalue weighted by Gasteiger charge is 2.24. The molecule has 1 N–H and O–H groups in total. The molecule has 112 valence electrons. The molecule has 0 bridgehead atoms. The number of rotatable bonds is 5. The molecule has 0 radical (unpaired) electrons. The highest BCUT2D eigenvalue weighted by Crippen LogP contribution is 2.30. The molecule has 1 saturated heterocycles. The van der Waals surface area contributed by atoms with E-state index in [2.05, 4.69) is 62.2 Å². The number of nitrogens with zero attached hydrogens (tertiary/aromatic N) is 1. The maximum absolute atomic E-state index is 3.58. The summed E-state index contributed by atoms with van der Waals surface area (Å²) in [6, 6.07) is 9.55.